The Morgan fingerprint density at radius 2 is 1.85 bits per heavy atom. The fraction of sp³-hybridized carbons (Fsp3) is 0.737. The van der Waals surface area contributed by atoms with E-state index in [0.29, 0.717) is 12.6 Å². The molecule has 0 spiro atoms. The molecule has 7 nitrogen and oxygen atoms in total. The van der Waals surface area contributed by atoms with Gasteiger partial charge < -0.3 is 20.3 Å². The molecule has 2 saturated heterocycles. The van der Waals surface area contributed by atoms with Gasteiger partial charge >= 0.3 is 0 Å². The van der Waals surface area contributed by atoms with Gasteiger partial charge in [-0.3, -0.25) is 4.79 Å². The molecule has 3 aliphatic rings. The molecule has 148 valence electrons. The zero-order valence-electron chi connectivity index (χ0n) is 15.6. The van der Waals surface area contributed by atoms with Crippen molar-refractivity contribution in [3.63, 3.8) is 0 Å². The maximum absolute atomic E-state index is 13.0. The minimum absolute atomic E-state index is 0.00541. The average molecular weight is 377 g/mol. The molecule has 3 heterocycles. The first-order valence-electron chi connectivity index (χ1n) is 10.0. The summed E-state index contributed by atoms with van der Waals surface area (Å²) in [5.41, 5.74) is 6.32. The summed E-state index contributed by atoms with van der Waals surface area (Å²) in [6, 6.07) is -0.0144. The van der Waals surface area contributed by atoms with E-state index in [1.807, 2.05) is 4.90 Å². The lowest BCUT2D eigenvalue weighted by molar-refractivity contribution is -0.139. The summed E-state index contributed by atoms with van der Waals surface area (Å²) in [6.45, 7) is 2.87. The fourth-order valence-electron chi connectivity index (χ4n) is 4.06. The fourth-order valence-corrected chi connectivity index (χ4v) is 4.06. The summed E-state index contributed by atoms with van der Waals surface area (Å²) >= 11 is 0. The minimum Gasteiger partial charge on any atom is -0.376 e. The van der Waals surface area contributed by atoms with Gasteiger partial charge in [0.1, 0.15) is 0 Å². The Labute approximate surface area is 159 Å². The van der Waals surface area contributed by atoms with Gasteiger partial charge in [-0.05, 0) is 38.5 Å². The normalized spacial score (nSPS) is 27.0. The number of halogens is 1. The number of carbonyl (C=O) groups is 1. The number of ether oxygens (including phenoxy) is 1. The molecule has 8 heteroatoms. The van der Waals surface area contributed by atoms with E-state index in [0.717, 1.165) is 58.2 Å². The van der Waals surface area contributed by atoms with Crippen LogP contribution in [0.5, 0.6) is 0 Å². The topological polar surface area (TPSA) is 84.6 Å². The second-order valence-corrected chi connectivity index (χ2v) is 7.90. The Bertz CT molecular complexity index is 646. The number of nitrogens with two attached hydrogens (primary N) is 1. The van der Waals surface area contributed by atoms with E-state index in [2.05, 4.69) is 14.9 Å². The first-order valence-corrected chi connectivity index (χ1v) is 10.0. The van der Waals surface area contributed by atoms with Gasteiger partial charge in [-0.1, -0.05) is 0 Å². The van der Waals surface area contributed by atoms with Gasteiger partial charge in [-0.2, -0.15) is 0 Å². The number of rotatable bonds is 5. The van der Waals surface area contributed by atoms with Crippen LogP contribution in [0.1, 0.15) is 38.5 Å². The van der Waals surface area contributed by atoms with Gasteiger partial charge in [-0.25, -0.2) is 14.4 Å². The number of piperidine rings is 2. The summed E-state index contributed by atoms with van der Waals surface area (Å²) in [5, 5.41) is 0. The number of carbonyl (C=O) groups excluding carboxylic acids is 1. The van der Waals surface area contributed by atoms with Crippen LogP contribution in [0, 0.1) is 11.7 Å². The van der Waals surface area contributed by atoms with Crippen LogP contribution in [0.2, 0.25) is 0 Å². The second kappa shape index (κ2) is 8.06. The molecule has 4 rings (SSSR count). The van der Waals surface area contributed by atoms with Gasteiger partial charge in [0, 0.05) is 31.6 Å². The van der Waals surface area contributed by atoms with E-state index in [1.165, 1.54) is 12.4 Å². The lowest BCUT2D eigenvalue weighted by atomic mass is 9.96. The molecule has 1 aromatic rings. The first-order chi connectivity index (χ1) is 13.1. The Morgan fingerprint density at radius 1 is 1.15 bits per heavy atom. The van der Waals surface area contributed by atoms with Gasteiger partial charge in [0.15, 0.2) is 5.82 Å². The van der Waals surface area contributed by atoms with E-state index < -0.39 is 5.82 Å². The molecule has 1 amide bonds. The maximum atomic E-state index is 13.0. The molecule has 2 unspecified atom stereocenters. The molecule has 27 heavy (non-hydrogen) atoms. The van der Waals surface area contributed by atoms with Gasteiger partial charge in [0.05, 0.1) is 31.1 Å². The zero-order valence-corrected chi connectivity index (χ0v) is 15.6. The third-order valence-electron chi connectivity index (χ3n) is 5.87. The molecule has 2 atom stereocenters. The number of aromatic nitrogens is 2. The number of nitrogens with zero attached hydrogens (tertiary/aromatic N) is 4. The van der Waals surface area contributed by atoms with Crippen molar-refractivity contribution in [1.82, 2.24) is 14.9 Å². The Morgan fingerprint density at radius 3 is 2.52 bits per heavy atom. The summed E-state index contributed by atoms with van der Waals surface area (Å²) in [4.78, 5) is 24.7. The third kappa shape index (κ3) is 4.38. The molecule has 2 aliphatic heterocycles. The number of hydrogen-bond acceptors (Lipinski definition) is 6. The number of anilines is 1. The predicted octanol–water partition coefficient (Wildman–Crippen LogP) is 1.33. The van der Waals surface area contributed by atoms with Crippen molar-refractivity contribution >= 4 is 11.9 Å². The summed E-state index contributed by atoms with van der Waals surface area (Å²) in [5.74, 6) is 0.621. The summed E-state index contributed by atoms with van der Waals surface area (Å²) in [6.07, 6.45) is 8.22. The first kappa shape index (κ1) is 18.6. The predicted molar refractivity (Wildman–Crippen MR) is 98.6 cm³/mol. The largest absolute Gasteiger partial charge is 0.376 e. The van der Waals surface area contributed by atoms with Crippen molar-refractivity contribution in [2.75, 3.05) is 31.1 Å². The Balaban J connectivity index is 1.28. The number of amides is 1. The van der Waals surface area contributed by atoms with E-state index in [-0.39, 0.29) is 30.0 Å². The molecule has 0 bridgehead atoms. The van der Waals surface area contributed by atoms with Crippen molar-refractivity contribution in [2.24, 2.45) is 11.7 Å². The SMILES string of the molecule is NC1CCCN(C(=O)C2CC2)C1COC1CCN(c2ncc(F)cn2)CC1. The zero-order chi connectivity index (χ0) is 18.8. The van der Waals surface area contributed by atoms with Crippen LogP contribution in [-0.4, -0.2) is 65.2 Å². The molecule has 2 N–H and O–H groups in total. The quantitative estimate of drug-likeness (QED) is 0.833. The Kier molecular flexibility index (Phi) is 5.54. The van der Waals surface area contributed by atoms with Gasteiger partial charge in [0.2, 0.25) is 11.9 Å². The van der Waals surface area contributed by atoms with Crippen molar-refractivity contribution in [3.8, 4) is 0 Å². The van der Waals surface area contributed by atoms with Crippen molar-refractivity contribution in [1.29, 1.82) is 0 Å². The number of hydrogen-bond donors (Lipinski definition) is 1. The molecule has 0 radical (unpaired) electrons. The van der Waals surface area contributed by atoms with Crippen molar-refractivity contribution in [3.05, 3.63) is 18.2 Å². The molecule has 0 aromatic carbocycles. The van der Waals surface area contributed by atoms with E-state index in [1.54, 1.807) is 0 Å². The Hall–Kier alpha value is -1.80. The highest BCUT2D eigenvalue weighted by molar-refractivity contribution is 5.81. The summed E-state index contributed by atoms with van der Waals surface area (Å²) < 4.78 is 19.1. The lowest BCUT2D eigenvalue weighted by Gasteiger charge is -2.41. The van der Waals surface area contributed by atoms with Crippen LogP contribution in [0.25, 0.3) is 0 Å². The standard InChI is InChI=1S/C19H28FN5O2/c20-14-10-22-19(23-11-14)24-8-5-15(6-9-24)27-12-17-16(21)2-1-7-25(17)18(26)13-3-4-13/h10-11,13,15-17H,1-9,12,21H2. The van der Waals surface area contributed by atoms with Crippen LogP contribution in [-0.2, 0) is 9.53 Å². The summed E-state index contributed by atoms with van der Waals surface area (Å²) in [7, 11) is 0. The highest BCUT2D eigenvalue weighted by atomic mass is 19.1. The van der Waals surface area contributed by atoms with Crippen molar-refractivity contribution in [2.45, 2.75) is 56.7 Å². The highest BCUT2D eigenvalue weighted by Gasteiger charge is 2.40. The molecule has 1 aliphatic carbocycles. The lowest BCUT2D eigenvalue weighted by Crippen LogP contribution is -2.57. The van der Waals surface area contributed by atoms with Crippen LogP contribution in [0.3, 0.4) is 0 Å². The smallest absolute Gasteiger partial charge is 0.226 e. The third-order valence-corrected chi connectivity index (χ3v) is 5.87. The molecule has 1 aromatic heterocycles. The molecular weight excluding hydrogens is 349 g/mol. The van der Waals surface area contributed by atoms with Crippen LogP contribution in [0.4, 0.5) is 10.3 Å². The van der Waals surface area contributed by atoms with Crippen LogP contribution >= 0.6 is 0 Å². The molecule has 1 saturated carbocycles. The number of likely N-dealkylation sites (tertiary alicyclic amines) is 1. The van der Waals surface area contributed by atoms with E-state index >= 15 is 0 Å². The average Bonchev–Trinajstić information content (AvgIpc) is 3.53. The maximum Gasteiger partial charge on any atom is 0.226 e. The van der Waals surface area contributed by atoms with Gasteiger partial charge in [-0.15, -0.1) is 0 Å². The van der Waals surface area contributed by atoms with E-state index in [9.17, 15) is 9.18 Å². The van der Waals surface area contributed by atoms with Gasteiger partial charge in [0.25, 0.3) is 0 Å². The molecule has 3 fully saturated rings. The minimum atomic E-state index is -0.425. The van der Waals surface area contributed by atoms with Crippen molar-refractivity contribution < 1.29 is 13.9 Å². The van der Waals surface area contributed by atoms with Crippen LogP contribution in [0.15, 0.2) is 12.4 Å². The molecular formula is C19H28FN5O2. The van der Waals surface area contributed by atoms with Crippen LogP contribution < -0.4 is 10.6 Å². The highest BCUT2D eigenvalue weighted by Crippen LogP contribution is 2.33. The monoisotopic (exact) mass is 377 g/mol. The second-order valence-electron chi connectivity index (χ2n) is 7.90. The van der Waals surface area contributed by atoms with E-state index in [4.69, 9.17) is 10.5 Å².